The van der Waals surface area contributed by atoms with E-state index in [1.165, 1.54) is 12.2 Å². The van der Waals surface area contributed by atoms with E-state index in [1.54, 1.807) is 19.1 Å². The lowest BCUT2D eigenvalue weighted by atomic mass is 9.98. The number of amides is 2. The molecular formula is C21H25BrN2O4. The Labute approximate surface area is 173 Å². The quantitative estimate of drug-likeness (QED) is 0.472. The van der Waals surface area contributed by atoms with Gasteiger partial charge < -0.3 is 15.4 Å². The van der Waals surface area contributed by atoms with Gasteiger partial charge in [0, 0.05) is 35.1 Å². The molecule has 1 heterocycles. The summed E-state index contributed by atoms with van der Waals surface area (Å²) in [6.07, 6.45) is 7.17. The summed E-state index contributed by atoms with van der Waals surface area (Å²) in [6, 6.07) is 5.37. The van der Waals surface area contributed by atoms with Crippen molar-refractivity contribution in [2.75, 3.05) is 13.2 Å². The van der Waals surface area contributed by atoms with Crippen LogP contribution in [0.4, 0.5) is 0 Å². The van der Waals surface area contributed by atoms with Gasteiger partial charge in [0.15, 0.2) is 0 Å². The lowest BCUT2D eigenvalue weighted by molar-refractivity contribution is -0.137. The molecule has 1 aromatic rings. The number of aryl methyl sites for hydroxylation is 1. The third-order valence-electron chi connectivity index (χ3n) is 4.40. The van der Waals surface area contributed by atoms with Gasteiger partial charge in [-0.25, -0.2) is 4.79 Å². The van der Waals surface area contributed by atoms with Crippen molar-refractivity contribution in [1.29, 1.82) is 0 Å². The molecule has 6 nitrogen and oxygen atoms in total. The number of halogens is 1. The Morgan fingerprint density at radius 1 is 1.39 bits per heavy atom. The molecule has 1 saturated heterocycles. The van der Waals surface area contributed by atoms with Gasteiger partial charge in [-0.2, -0.15) is 0 Å². The van der Waals surface area contributed by atoms with Crippen LogP contribution >= 0.6 is 15.9 Å². The van der Waals surface area contributed by atoms with Crippen LogP contribution in [0.15, 0.2) is 40.9 Å². The second-order valence-corrected chi connectivity index (χ2v) is 7.43. The van der Waals surface area contributed by atoms with Crippen LogP contribution in [0.1, 0.15) is 30.9 Å². The molecule has 2 amide bonds. The maximum absolute atomic E-state index is 12.3. The zero-order valence-electron chi connectivity index (χ0n) is 16.0. The predicted molar refractivity (Wildman–Crippen MR) is 111 cm³/mol. The summed E-state index contributed by atoms with van der Waals surface area (Å²) in [5.74, 6) is -0.982. The maximum atomic E-state index is 12.3. The Hall–Kier alpha value is -2.41. The van der Waals surface area contributed by atoms with Crippen molar-refractivity contribution in [3.05, 3.63) is 52.0 Å². The highest BCUT2D eigenvalue weighted by Gasteiger charge is 2.26. The molecule has 1 aliphatic heterocycles. The van der Waals surface area contributed by atoms with Crippen molar-refractivity contribution in [3.8, 4) is 0 Å². The fraction of sp³-hybridized carbons (Fsp3) is 0.381. The molecule has 0 saturated carbocycles. The van der Waals surface area contributed by atoms with Crippen molar-refractivity contribution < 1.29 is 19.1 Å². The van der Waals surface area contributed by atoms with Crippen molar-refractivity contribution in [3.63, 3.8) is 0 Å². The van der Waals surface area contributed by atoms with Crippen molar-refractivity contribution in [2.45, 2.75) is 32.7 Å². The first-order valence-corrected chi connectivity index (χ1v) is 10.1. The summed E-state index contributed by atoms with van der Waals surface area (Å²) in [5, 5.41) is 5.63. The SMILES string of the molecule is CCOC(=O)/C=C/C(CC1CCNC1=O)NC(=O)/C=C/c1ccc(C)c(Br)c1. The molecule has 1 fully saturated rings. The van der Waals surface area contributed by atoms with Crippen LogP contribution in [0.2, 0.25) is 0 Å². The van der Waals surface area contributed by atoms with E-state index in [9.17, 15) is 14.4 Å². The largest absolute Gasteiger partial charge is 0.463 e. The van der Waals surface area contributed by atoms with Crippen LogP contribution in [0, 0.1) is 12.8 Å². The van der Waals surface area contributed by atoms with Gasteiger partial charge in [0.2, 0.25) is 11.8 Å². The number of hydrogen-bond donors (Lipinski definition) is 2. The first-order chi connectivity index (χ1) is 13.4. The van der Waals surface area contributed by atoms with Gasteiger partial charge >= 0.3 is 5.97 Å². The molecule has 0 radical (unpaired) electrons. The molecule has 150 valence electrons. The fourth-order valence-electron chi connectivity index (χ4n) is 2.86. The smallest absolute Gasteiger partial charge is 0.330 e. The van der Waals surface area contributed by atoms with E-state index in [4.69, 9.17) is 4.74 Å². The molecule has 7 heteroatoms. The summed E-state index contributed by atoms with van der Waals surface area (Å²) < 4.78 is 5.85. The molecule has 0 aliphatic carbocycles. The van der Waals surface area contributed by atoms with Crippen molar-refractivity contribution in [2.24, 2.45) is 5.92 Å². The number of esters is 1. The Balaban J connectivity index is 2.03. The molecule has 2 N–H and O–H groups in total. The van der Waals surface area contributed by atoms with Crippen molar-refractivity contribution >= 4 is 39.8 Å². The molecule has 2 rings (SSSR count). The van der Waals surface area contributed by atoms with E-state index < -0.39 is 12.0 Å². The normalized spacial score (nSPS) is 17.7. The van der Waals surface area contributed by atoms with E-state index in [1.807, 2.05) is 25.1 Å². The van der Waals surface area contributed by atoms with Crippen LogP contribution < -0.4 is 10.6 Å². The second kappa shape index (κ2) is 10.8. The van der Waals surface area contributed by atoms with Gasteiger partial charge in [-0.15, -0.1) is 0 Å². The average molecular weight is 449 g/mol. The van der Waals surface area contributed by atoms with E-state index >= 15 is 0 Å². The summed E-state index contributed by atoms with van der Waals surface area (Å²) in [6.45, 7) is 4.63. The Bertz CT molecular complexity index is 789. The molecule has 1 aliphatic rings. The van der Waals surface area contributed by atoms with Gasteiger partial charge in [0.1, 0.15) is 0 Å². The van der Waals surface area contributed by atoms with Crippen LogP contribution in [0.25, 0.3) is 6.08 Å². The predicted octanol–water partition coefficient (Wildman–Crippen LogP) is 2.90. The van der Waals surface area contributed by atoms with Crippen molar-refractivity contribution in [1.82, 2.24) is 10.6 Å². The summed E-state index contributed by atoms with van der Waals surface area (Å²) in [5.41, 5.74) is 2.00. The maximum Gasteiger partial charge on any atom is 0.330 e. The number of carbonyl (C=O) groups excluding carboxylic acids is 3. The number of carbonyl (C=O) groups is 3. The lowest BCUT2D eigenvalue weighted by Crippen LogP contribution is -2.35. The lowest BCUT2D eigenvalue weighted by Gasteiger charge is -2.17. The Morgan fingerprint density at radius 3 is 2.82 bits per heavy atom. The molecule has 0 spiro atoms. The molecular weight excluding hydrogens is 424 g/mol. The monoisotopic (exact) mass is 448 g/mol. The van der Waals surface area contributed by atoms with Crippen LogP contribution in [0.3, 0.4) is 0 Å². The van der Waals surface area contributed by atoms with E-state index in [0.717, 1.165) is 15.6 Å². The minimum Gasteiger partial charge on any atom is -0.463 e. The number of ether oxygens (including phenoxy) is 1. The summed E-state index contributed by atoms with van der Waals surface area (Å²) >= 11 is 3.47. The van der Waals surface area contributed by atoms with Crippen LogP contribution in [-0.2, 0) is 19.1 Å². The van der Waals surface area contributed by atoms with Crippen LogP contribution in [-0.4, -0.2) is 37.0 Å². The van der Waals surface area contributed by atoms with E-state index in [2.05, 4.69) is 26.6 Å². The van der Waals surface area contributed by atoms with Crippen LogP contribution in [0.5, 0.6) is 0 Å². The Morgan fingerprint density at radius 2 is 2.18 bits per heavy atom. The summed E-state index contributed by atoms with van der Waals surface area (Å²) in [7, 11) is 0. The van der Waals surface area contributed by atoms with Gasteiger partial charge in [0.05, 0.1) is 6.61 Å². The average Bonchev–Trinajstić information content (AvgIpc) is 3.05. The molecule has 2 atom stereocenters. The first kappa shape index (κ1) is 21.9. The topological polar surface area (TPSA) is 84.5 Å². The number of rotatable bonds is 8. The van der Waals surface area contributed by atoms with E-state index in [-0.39, 0.29) is 24.3 Å². The third kappa shape index (κ3) is 6.96. The molecule has 28 heavy (non-hydrogen) atoms. The molecule has 2 unspecified atom stereocenters. The minimum atomic E-state index is -0.474. The second-order valence-electron chi connectivity index (χ2n) is 6.58. The zero-order chi connectivity index (χ0) is 20.5. The Kier molecular flexibility index (Phi) is 8.44. The number of hydrogen-bond acceptors (Lipinski definition) is 4. The highest BCUT2D eigenvalue weighted by Crippen LogP contribution is 2.19. The first-order valence-electron chi connectivity index (χ1n) is 9.26. The minimum absolute atomic E-state index is 0.0242. The number of benzene rings is 1. The molecule has 1 aromatic carbocycles. The van der Waals surface area contributed by atoms with Gasteiger partial charge in [-0.05, 0) is 50.0 Å². The number of nitrogens with one attached hydrogen (secondary N) is 2. The zero-order valence-corrected chi connectivity index (χ0v) is 17.6. The van der Waals surface area contributed by atoms with Gasteiger partial charge in [0.25, 0.3) is 0 Å². The molecule has 0 bridgehead atoms. The standard InChI is InChI=1S/C21H25BrN2O4/c1-3-28-20(26)9-7-17(13-16-10-11-23-21(16)27)24-19(25)8-6-15-5-4-14(2)18(22)12-15/h4-9,12,16-17H,3,10-11,13H2,1-2H3,(H,23,27)(H,24,25)/b8-6+,9-7+. The molecule has 0 aromatic heterocycles. The van der Waals surface area contributed by atoms with Gasteiger partial charge in [-0.1, -0.05) is 34.1 Å². The highest BCUT2D eigenvalue weighted by atomic mass is 79.9. The highest BCUT2D eigenvalue weighted by molar-refractivity contribution is 9.10. The fourth-order valence-corrected chi connectivity index (χ4v) is 3.26. The third-order valence-corrected chi connectivity index (χ3v) is 5.26. The summed E-state index contributed by atoms with van der Waals surface area (Å²) in [4.78, 5) is 35.8. The van der Waals surface area contributed by atoms with E-state index in [0.29, 0.717) is 19.4 Å². The van der Waals surface area contributed by atoms with Gasteiger partial charge in [-0.3, -0.25) is 9.59 Å².